The lowest BCUT2D eigenvalue weighted by atomic mass is 10.2. The Bertz CT molecular complexity index is 1220. The van der Waals surface area contributed by atoms with Crippen LogP contribution in [-0.4, -0.2) is 25.2 Å². The lowest BCUT2D eigenvalue weighted by Gasteiger charge is -2.22. The van der Waals surface area contributed by atoms with Crippen LogP contribution in [0.1, 0.15) is 28.4 Å². The van der Waals surface area contributed by atoms with E-state index in [9.17, 15) is 13.2 Å². The van der Waals surface area contributed by atoms with Gasteiger partial charge in [0.05, 0.1) is 23.2 Å². The predicted octanol–water partition coefficient (Wildman–Crippen LogP) is 5.42. The molecule has 0 spiro atoms. The van der Waals surface area contributed by atoms with Crippen LogP contribution >= 0.6 is 0 Å². The summed E-state index contributed by atoms with van der Waals surface area (Å²) in [7, 11) is -3.91. The van der Waals surface area contributed by atoms with Crippen molar-refractivity contribution in [2.45, 2.75) is 18.7 Å². The van der Waals surface area contributed by atoms with Gasteiger partial charge in [0.25, 0.3) is 10.0 Å². The number of hydrogen-bond acceptors (Lipinski definition) is 4. The minimum atomic E-state index is -3.91. The Hall–Kier alpha value is -3.64. The molecule has 0 fully saturated rings. The van der Waals surface area contributed by atoms with Gasteiger partial charge in [-0.2, -0.15) is 0 Å². The van der Waals surface area contributed by atoms with Gasteiger partial charge in [0.15, 0.2) is 5.76 Å². The molecule has 0 radical (unpaired) electrons. The van der Waals surface area contributed by atoms with Crippen LogP contribution in [0.25, 0.3) is 5.76 Å². The van der Waals surface area contributed by atoms with Gasteiger partial charge in [-0.3, -0.25) is 4.31 Å². The normalized spacial score (nSPS) is 11.6. The molecule has 0 heterocycles. The van der Waals surface area contributed by atoms with Gasteiger partial charge in [-0.05, 0) is 38.1 Å². The molecular formula is C26H25NO4S. The second kappa shape index (κ2) is 10.1. The summed E-state index contributed by atoms with van der Waals surface area (Å²) in [5, 5.41) is 0. The molecule has 0 N–H and O–H groups in total. The maximum atomic E-state index is 13.4. The van der Waals surface area contributed by atoms with E-state index >= 15 is 0 Å². The third-order valence-electron chi connectivity index (χ3n) is 4.59. The lowest BCUT2D eigenvalue weighted by Crippen LogP contribution is -2.28. The number of aryl methyl sites for hydroxylation is 1. The smallest absolute Gasteiger partial charge is 0.343 e. The van der Waals surface area contributed by atoms with Crippen LogP contribution in [-0.2, 0) is 14.8 Å². The van der Waals surface area contributed by atoms with Crippen LogP contribution in [0.3, 0.4) is 0 Å². The molecule has 0 saturated heterocycles. The zero-order chi connectivity index (χ0) is 23.1. The van der Waals surface area contributed by atoms with Crippen molar-refractivity contribution in [3.8, 4) is 0 Å². The van der Waals surface area contributed by atoms with Crippen molar-refractivity contribution in [3.63, 3.8) is 0 Å². The molecule has 0 unspecified atom stereocenters. The first-order valence-electron chi connectivity index (χ1n) is 10.0. The van der Waals surface area contributed by atoms with Crippen LogP contribution in [0.15, 0.2) is 108 Å². The van der Waals surface area contributed by atoms with Crippen LogP contribution < -0.4 is 0 Å². The van der Waals surface area contributed by atoms with Gasteiger partial charge in [0.2, 0.25) is 0 Å². The molecule has 164 valence electrons. The molecule has 3 aromatic carbocycles. The number of carbonyl (C=O) groups is 1. The topological polar surface area (TPSA) is 63.7 Å². The zero-order valence-electron chi connectivity index (χ0n) is 18.1. The number of nitrogens with zero attached hydrogens (tertiary/aromatic N) is 1. The Morgan fingerprint density at radius 3 is 1.97 bits per heavy atom. The van der Waals surface area contributed by atoms with Crippen LogP contribution in [0.2, 0.25) is 0 Å². The summed E-state index contributed by atoms with van der Waals surface area (Å²) < 4.78 is 33.6. The Morgan fingerprint density at radius 2 is 1.44 bits per heavy atom. The molecule has 3 rings (SSSR count). The minimum absolute atomic E-state index is 0.0371. The standard InChI is InChI=1S/C26H25NO4S/c1-20(2)18-27(32(29,30)24-16-14-21(3)15-17-24)19-25(22-10-6-4-7-11-22)31-26(28)23-12-8-5-9-13-23/h4-17,19H,1,18H2,2-3H3/b25-19-. The summed E-state index contributed by atoms with van der Waals surface area (Å²) in [5.74, 6) is -0.458. The number of rotatable bonds is 8. The van der Waals surface area contributed by atoms with Gasteiger partial charge < -0.3 is 4.74 Å². The second-order valence-corrected chi connectivity index (χ2v) is 9.33. The molecule has 5 nitrogen and oxygen atoms in total. The molecule has 6 heteroatoms. The summed E-state index contributed by atoms with van der Waals surface area (Å²) in [4.78, 5) is 12.9. The monoisotopic (exact) mass is 447 g/mol. The number of esters is 1. The van der Waals surface area contributed by atoms with E-state index in [4.69, 9.17) is 4.74 Å². The summed E-state index contributed by atoms with van der Waals surface area (Å²) >= 11 is 0. The quantitative estimate of drug-likeness (QED) is 0.263. The molecule has 0 saturated carbocycles. The molecule has 32 heavy (non-hydrogen) atoms. The fraction of sp³-hybridized carbons (Fsp3) is 0.115. The Labute approximate surface area is 189 Å². The summed E-state index contributed by atoms with van der Waals surface area (Å²) in [6, 6.07) is 24.0. The third kappa shape index (κ3) is 5.74. The lowest BCUT2D eigenvalue weighted by molar-refractivity contribution is 0.0690. The highest BCUT2D eigenvalue weighted by Crippen LogP contribution is 2.24. The first kappa shape index (κ1) is 23.0. The van der Waals surface area contributed by atoms with Crippen LogP contribution in [0.4, 0.5) is 0 Å². The van der Waals surface area contributed by atoms with Crippen molar-refractivity contribution in [3.05, 3.63) is 120 Å². The van der Waals surface area contributed by atoms with Crippen LogP contribution in [0, 0.1) is 6.92 Å². The fourth-order valence-electron chi connectivity index (χ4n) is 2.94. The fourth-order valence-corrected chi connectivity index (χ4v) is 4.31. The van der Waals surface area contributed by atoms with Gasteiger partial charge in [0.1, 0.15) is 0 Å². The summed E-state index contributed by atoms with van der Waals surface area (Å²) in [5.41, 5.74) is 2.52. The van der Waals surface area contributed by atoms with Crippen molar-refractivity contribution < 1.29 is 17.9 Å². The Morgan fingerprint density at radius 1 is 0.906 bits per heavy atom. The average molecular weight is 448 g/mol. The average Bonchev–Trinajstić information content (AvgIpc) is 2.79. The van der Waals surface area contributed by atoms with Crippen LogP contribution in [0.5, 0.6) is 0 Å². The molecular weight excluding hydrogens is 422 g/mol. The maximum absolute atomic E-state index is 13.4. The molecule has 0 aromatic heterocycles. The van der Waals surface area contributed by atoms with Crippen molar-refractivity contribution in [1.82, 2.24) is 4.31 Å². The van der Waals surface area contributed by atoms with E-state index in [1.807, 2.05) is 13.0 Å². The number of benzene rings is 3. The first-order valence-corrected chi connectivity index (χ1v) is 11.5. The third-order valence-corrected chi connectivity index (χ3v) is 6.30. The highest BCUT2D eigenvalue weighted by Gasteiger charge is 2.24. The van der Waals surface area contributed by atoms with Crippen molar-refractivity contribution in [2.75, 3.05) is 6.54 Å². The highest BCUT2D eigenvalue weighted by atomic mass is 32.2. The van der Waals surface area contributed by atoms with E-state index in [1.165, 1.54) is 6.20 Å². The maximum Gasteiger partial charge on any atom is 0.343 e. The molecule has 0 aliphatic carbocycles. The number of carbonyl (C=O) groups excluding carboxylic acids is 1. The molecule has 0 bridgehead atoms. The van der Waals surface area contributed by atoms with E-state index in [2.05, 4.69) is 6.58 Å². The summed E-state index contributed by atoms with van der Waals surface area (Å²) in [6.45, 7) is 7.53. The van der Waals surface area contributed by atoms with E-state index in [0.717, 1.165) is 9.87 Å². The van der Waals surface area contributed by atoms with Gasteiger partial charge in [-0.15, -0.1) is 0 Å². The number of sulfonamides is 1. The minimum Gasteiger partial charge on any atom is -0.421 e. The van der Waals surface area contributed by atoms with Gasteiger partial charge >= 0.3 is 5.97 Å². The molecule has 0 atom stereocenters. The van der Waals surface area contributed by atoms with Crippen molar-refractivity contribution in [2.24, 2.45) is 0 Å². The number of hydrogen-bond donors (Lipinski definition) is 0. The van der Waals surface area contributed by atoms with Crippen molar-refractivity contribution >= 4 is 21.8 Å². The highest BCUT2D eigenvalue weighted by molar-refractivity contribution is 7.89. The largest absolute Gasteiger partial charge is 0.421 e. The van der Waals surface area contributed by atoms with Gasteiger partial charge in [-0.1, -0.05) is 78.4 Å². The zero-order valence-corrected chi connectivity index (χ0v) is 18.9. The van der Waals surface area contributed by atoms with Gasteiger partial charge in [-0.25, -0.2) is 13.2 Å². The SMILES string of the molecule is C=C(C)CN(/C=C(\OC(=O)c1ccccc1)c1ccccc1)S(=O)(=O)c1ccc(C)cc1. The second-order valence-electron chi connectivity index (χ2n) is 7.44. The Kier molecular flexibility index (Phi) is 7.28. The predicted molar refractivity (Wildman–Crippen MR) is 126 cm³/mol. The molecule has 0 aliphatic heterocycles. The Balaban J connectivity index is 2.07. The van der Waals surface area contributed by atoms with E-state index in [1.54, 1.807) is 85.8 Å². The summed E-state index contributed by atoms with van der Waals surface area (Å²) in [6.07, 6.45) is 1.35. The van der Waals surface area contributed by atoms with Crippen molar-refractivity contribution in [1.29, 1.82) is 0 Å². The first-order chi connectivity index (χ1) is 15.3. The van der Waals surface area contributed by atoms with E-state index < -0.39 is 16.0 Å². The molecule has 0 amide bonds. The van der Waals surface area contributed by atoms with E-state index in [0.29, 0.717) is 16.7 Å². The molecule has 3 aromatic rings. The molecule has 0 aliphatic rings. The van der Waals surface area contributed by atoms with Gasteiger partial charge in [0, 0.05) is 5.56 Å². The number of ether oxygens (including phenoxy) is 1. The van der Waals surface area contributed by atoms with E-state index in [-0.39, 0.29) is 17.2 Å².